The Kier molecular flexibility index (Phi) is 4.18. The molecule has 0 aromatic heterocycles. The molecule has 0 bridgehead atoms. The molecule has 8 atom stereocenters. The number of rotatable bonds is 0. The molecule has 4 nitrogen and oxygen atoms in total. The molecule has 4 saturated carbocycles. The van der Waals surface area contributed by atoms with Gasteiger partial charge in [0.2, 0.25) is 0 Å². The summed E-state index contributed by atoms with van der Waals surface area (Å²) < 4.78 is 0. The minimum absolute atomic E-state index is 0.0341. The van der Waals surface area contributed by atoms with Gasteiger partial charge in [0.05, 0.1) is 0 Å². The highest BCUT2D eigenvalue weighted by Crippen LogP contribution is 2.63. The third-order valence-electron chi connectivity index (χ3n) is 10.9. The zero-order valence-electron chi connectivity index (χ0n) is 20.0. The fourth-order valence-corrected chi connectivity index (χ4v) is 9.63. The van der Waals surface area contributed by atoms with Crippen LogP contribution in [0.2, 0.25) is 0 Å². The molecule has 5 aliphatic carbocycles. The summed E-state index contributed by atoms with van der Waals surface area (Å²) in [4.78, 5) is 40.4. The Bertz CT molecular complexity index is 1310. The molecule has 0 radical (unpaired) electrons. The number of hydrogen-bond acceptors (Lipinski definition) is 4. The van der Waals surface area contributed by atoms with Gasteiger partial charge in [0.25, 0.3) is 0 Å². The summed E-state index contributed by atoms with van der Waals surface area (Å²) in [6, 6.07) is 11.6. The van der Waals surface area contributed by atoms with Gasteiger partial charge < -0.3 is 5.32 Å². The number of Topliss-reactive ketones (excluding diaryl/α,β-unsaturated/α-hetero) is 1. The lowest BCUT2D eigenvalue weighted by molar-refractivity contribution is -0.150. The number of hydrogen-bond donors (Lipinski definition) is 1. The van der Waals surface area contributed by atoms with E-state index in [-0.39, 0.29) is 17.5 Å². The van der Waals surface area contributed by atoms with Crippen molar-refractivity contribution in [3.63, 3.8) is 0 Å². The predicted molar refractivity (Wildman–Crippen MR) is 133 cm³/mol. The molecule has 4 heteroatoms. The Hall–Kier alpha value is -2.75. The largest absolute Gasteiger partial charge is 0.382 e. The number of anilines is 1. The van der Waals surface area contributed by atoms with E-state index < -0.39 is 0 Å². The van der Waals surface area contributed by atoms with Crippen molar-refractivity contribution in [1.29, 1.82) is 0 Å². The van der Waals surface area contributed by atoms with E-state index in [2.05, 4.69) is 5.32 Å². The number of carbonyl (C=O) groups excluding carboxylic acids is 3. The molecule has 0 saturated heterocycles. The zero-order valence-corrected chi connectivity index (χ0v) is 20.0. The number of nitrogens with one attached hydrogen (secondary N) is 1. The van der Waals surface area contributed by atoms with Crippen LogP contribution in [0.5, 0.6) is 0 Å². The monoisotopic (exact) mass is 465 g/mol. The van der Waals surface area contributed by atoms with Gasteiger partial charge in [0.15, 0.2) is 11.6 Å². The lowest BCUT2D eigenvalue weighted by atomic mass is 9.45. The Morgan fingerprint density at radius 3 is 2.14 bits per heavy atom. The van der Waals surface area contributed by atoms with Crippen molar-refractivity contribution in [2.75, 3.05) is 5.32 Å². The maximum absolute atomic E-state index is 13.7. The molecule has 0 unspecified atom stereocenters. The Morgan fingerprint density at radius 2 is 1.34 bits per heavy atom. The summed E-state index contributed by atoms with van der Waals surface area (Å²) >= 11 is 0. The van der Waals surface area contributed by atoms with Crippen molar-refractivity contribution >= 4 is 23.0 Å². The maximum atomic E-state index is 13.7. The quantitative estimate of drug-likeness (QED) is 0.457. The zero-order chi connectivity index (χ0) is 23.4. The van der Waals surface area contributed by atoms with Crippen molar-refractivity contribution in [1.82, 2.24) is 0 Å². The summed E-state index contributed by atoms with van der Waals surface area (Å²) in [7, 11) is 0. The van der Waals surface area contributed by atoms with Crippen LogP contribution in [0.4, 0.5) is 5.69 Å². The molecule has 2 aromatic carbocycles. The fourth-order valence-electron chi connectivity index (χ4n) is 9.63. The highest BCUT2D eigenvalue weighted by molar-refractivity contribution is 6.28. The summed E-state index contributed by atoms with van der Waals surface area (Å²) in [6.07, 6.45) is 9.24. The van der Waals surface area contributed by atoms with Gasteiger partial charge in [-0.1, -0.05) is 37.1 Å². The first-order chi connectivity index (χ1) is 17.1. The molecule has 2 aromatic rings. The van der Waals surface area contributed by atoms with Gasteiger partial charge in [-0.2, -0.15) is 0 Å². The minimum Gasteiger partial charge on any atom is -0.382 e. The van der Waals surface area contributed by atoms with E-state index >= 15 is 0 Å². The molecule has 1 N–H and O–H groups in total. The van der Waals surface area contributed by atoms with Gasteiger partial charge in [-0.05, 0) is 85.8 Å². The average molecular weight is 466 g/mol. The number of ketones is 3. The van der Waals surface area contributed by atoms with Gasteiger partial charge in [0.1, 0.15) is 5.78 Å². The number of carbonyl (C=O) groups is 3. The molecule has 0 amide bonds. The summed E-state index contributed by atoms with van der Waals surface area (Å²) in [6.45, 7) is 0. The molecule has 1 aliphatic heterocycles. The predicted octanol–water partition coefficient (Wildman–Crippen LogP) is 5.78. The Balaban J connectivity index is 1.23. The topological polar surface area (TPSA) is 63.2 Å². The van der Waals surface area contributed by atoms with E-state index in [1.807, 2.05) is 24.3 Å². The number of fused-ring (bicyclic) bond motifs is 6. The van der Waals surface area contributed by atoms with Crippen molar-refractivity contribution in [3.8, 4) is 0 Å². The molecule has 178 valence electrons. The lowest BCUT2D eigenvalue weighted by Gasteiger charge is -2.61. The second-order valence-electron chi connectivity index (χ2n) is 12.1. The van der Waals surface area contributed by atoms with E-state index in [1.54, 1.807) is 12.1 Å². The molecule has 6 aliphatic rings. The molecule has 4 fully saturated rings. The first-order valence-electron chi connectivity index (χ1n) is 13.8. The van der Waals surface area contributed by atoms with Crippen molar-refractivity contribution in [2.24, 2.45) is 35.5 Å². The first-order valence-corrected chi connectivity index (χ1v) is 13.8. The first kappa shape index (κ1) is 20.4. The van der Waals surface area contributed by atoms with Crippen molar-refractivity contribution < 1.29 is 14.4 Å². The van der Waals surface area contributed by atoms with E-state index in [0.29, 0.717) is 69.6 Å². The normalized spacial score (nSPS) is 38.3. The van der Waals surface area contributed by atoms with Crippen LogP contribution in [0.15, 0.2) is 36.4 Å². The Morgan fingerprint density at radius 1 is 0.629 bits per heavy atom. The summed E-state index contributed by atoms with van der Waals surface area (Å²) in [5.74, 6) is 3.66. The maximum Gasteiger partial charge on any atom is 0.194 e. The Labute approximate surface area is 205 Å². The van der Waals surface area contributed by atoms with E-state index in [9.17, 15) is 14.4 Å². The standard InChI is InChI=1S/C31H31NO3/c33-29-18-6-2-1-5-15(18)16-11-12-25-28-17(9-10-21(29)27(16)28)22-13-23-24(14-26(22)32-25)31(35)20-8-4-3-7-19(20)30(23)34/h3-4,7-8,13-18,21,25,27-28,32H,1-2,5-6,9-12H2/t15-,16-,17+,18-,21-,25+,27+,28+/m0/s1. The second kappa shape index (κ2) is 7.15. The molecule has 0 spiro atoms. The molecular formula is C31H31NO3. The summed E-state index contributed by atoms with van der Waals surface area (Å²) in [5, 5.41) is 3.84. The highest BCUT2D eigenvalue weighted by Gasteiger charge is 2.59. The fraction of sp³-hybridized carbons (Fsp3) is 0.516. The average Bonchev–Trinajstić information content (AvgIpc) is 2.90. The molecule has 8 rings (SSSR count). The van der Waals surface area contributed by atoms with Gasteiger partial charge in [-0.15, -0.1) is 0 Å². The van der Waals surface area contributed by atoms with Gasteiger partial charge in [-0.25, -0.2) is 0 Å². The van der Waals surface area contributed by atoms with Crippen LogP contribution < -0.4 is 5.32 Å². The minimum atomic E-state index is -0.0458. The van der Waals surface area contributed by atoms with Crippen LogP contribution >= 0.6 is 0 Å². The van der Waals surface area contributed by atoms with Crippen LogP contribution in [-0.2, 0) is 4.79 Å². The smallest absolute Gasteiger partial charge is 0.194 e. The van der Waals surface area contributed by atoms with Crippen molar-refractivity contribution in [2.45, 2.75) is 63.3 Å². The van der Waals surface area contributed by atoms with Crippen LogP contribution in [0.1, 0.15) is 94.7 Å². The second-order valence-corrected chi connectivity index (χ2v) is 12.1. The third kappa shape index (κ3) is 2.61. The summed E-state index contributed by atoms with van der Waals surface area (Å²) in [5.41, 5.74) is 4.40. The van der Waals surface area contributed by atoms with Crippen LogP contribution in [-0.4, -0.2) is 23.4 Å². The van der Waals surface area contributed by atoms with E-state index in [0.717, 1.165) is 31.4 Å². The van der Waals surface area contributed by atoms with Gasteiger partial charge >= 0.3 is 0 Å². The van der Waals surface area contributed by atoms with Crippen LogP contribution in [0, 0.1) is 35.5 Å². The third-order valence-corrected chi connectivity index (χ3v) is 10.9. The van der Waals surface area contributed by atoms with Gasteiger partial charge in [0, 0.05) is 45.8 Å². The van der Waals surface area contributed by atoms with Gasteiger partial charge in [-0.3, -0.25) is 14.4 Å². The van der Waals surface area contributed by atoms with Crippen LogP contribution in [0.25, 0.3) is 0 Å². The molecular weight excluding hydrogens is 434 g/mol. The SMILES string of the molecule is O=C1c2ccccc2C(=O)c2cc3c(cc21)N[C@@H]1CC[C@H]2[C@@H]4CCCC[C@@H]4C(=O)[C@H]4CC[C@H]3[C@H]1[C@H]24. The number of benzene rings is 2. The van der Waals surface area contributed by atoms with Crippen LogP contribution in [0.3, 0.4) is 0 Å². The molecule has 35 heavy (non-hydrogen) atoms. The lowest BCUT2D eigenvalue weighted by Crippen LogP contribution is -2.60. The highest BCUT2D eigenvalue weighted by atomic mass is 16.1. The molecule has 1 heterocycles. The van der Waals surface area contributed by atoms with Crippen molar-refractivity contribution in [3.05, 3.63) is 64.2 Å². The van der Waals surface area contributed by atoms with E-state index in [4.69, 9.17) is 0 Å². The van der Waals surface area contributed by atoms with E-state index in [1.165, 1.54) is 31.2 Å².